The lowest BCUT2D eigenvalue weighted by atomic mass is 10.0. The number of methoxy groups -OCH3 is 3. The number of aryl methyl sites for hydroxylation is 1. The summed E-state index contributed by atoms with van der Waals surface area (Å²) in [6.45, 7) is 1.78. The molecule has 1 N–H and O–H groups in total. The summed E-state index contributed by atoms with van der Waals surface area (Å²) in [4.78, 5) is 16.9. The molecule has 0 bridgehead atoms. The lowest BCUT2D eigenvalue weighted by molar-refractivity contribution is 0.102. The molecule has 0 saturated heterocycles. The summed E-state index contributed by atoms with van der Waals surface area (Å²) in [6, 6.07) is 7.50. The Morgan fingerprint density at radius 2 is 1.74 bits per heavy atom. The highest BCUT2D eigenvalue weighted by Crippen LogP contribution is 2.47. The molecule has 2 aromatic carbocycles. The number of anilines is 1. The van der Waals surface area contributed by atoms with E-state index in [2.05, 4.69) is 10.3 Å². The van der Waals surface area contributed by atoms with Crippen molar-refractivity contribution in [1.29, 1.82) is 0 Å². The highest BCUT2D eigenvalue weighted by molar-refractivity contribution is 6.35. The zero-order chi connectivity index (χ0) is 21.8. The Morgan fingerprint density at radius 1 is 1.03 bits per heavy atom. The predicted molar refractivity (Wildman–Crippen MR) is 120 cm³/mol. The molecule has 0 atom stereocenters. The minimum Gasteiger partial charge on any atom is -0.493 e. The van der Waals surface area contributed by atoms with E-state index in [0.29, 0.717) is 34.1 Å². The number of amides is 1. The number of nitrogens with zero attached hydrogens (tertiary/aromatic N) is 1. The number of hydrogen-bond acceptors (Lipinski definition) is 5. The second-order valence-electron chi connectivity index (χ2n) is 6.38. The number of hydrogen-bond donors (Lipinski definition) is 1. The average molecular weight is 447 g/mol. The lowest BCUT2D eigenvalue weighted by Gasteiger charge is -2.17. The van der Waals surface area contributed by atoms with Gasteiger partial charge in [-0.05, 0) is 36.8 Å². The molecule has 0 aliphatic rings. The minimum atomic E-state index is -0.438. The molecule has 3 aromatic rings. The van der Waals surface area contributed by atoms with E-state index in [0.717, 1.165) is 5.56 Å². The maximum absolute atomic E-state index is 13.5. The van der Waals surface area contributed by atoms with Crippen LogP contribution in [0.5, 0.6) is 17.2 Å². The summed E-state index contributed by atoms with van der Waals surface area (Å²) in [6.07, 6.45) is 2.98. The van der Waals surface area contributed by atoms with E-state index in [9.17, 15) is 9.18 Å². The summed E-state index contributed by atoms with van der Waals surface area (Å²) in [5.74, 6) is 0.212. The van der Waals surface area contributed by atoms with Crippen LogP contribution in [0.1, 0.15) is 23.3 Å². The molecule has 0 radical (unpaired) electrons. The van der Waals surface area contributed by atoms with Crippen molar-refractivity contribution in [2.24, 2.45) is 0 Å². The van der Waals surface area contributed by atoms with Crippen molar-refractivity contribution < 1.29 is 23.4 Å². The maximum Gasteiger partial charge on any atom is 0.257 e. The first kappa shape index (κ1) is 24.0. The van der Waals surface area contributed by atoms with Gasteiger partial charge in [0.15, 0.2) is 11.5 Å². The molecular weight excluding hydrogens is 423 g/mol. The SMILES string of the molecule is C.COc1cc(-c2cncc(C(=O)Nc3cc(F)ccc3C)c2)c(Cl)c(OC)c1OC. The van der Waals surface area contributed by atoms with Crippen molar-refractivity contribution in [2.75, 3.05) is 26.6 Å². The lowest BCUT2D eigenvalue weighted by Crippen LogP contribution is -2.13. The number of aromatic nitrogens is 1. The van der Waals surface area contributed by atoms with Crippen LogP contribution in [0.4, 0.5) is 10.1 Å². The fraction of sp³-hybridized carbons (Fsp3) is 0.217. The zero-order valence-corrected chi connectivity index (χ0v) is 17.6. The average Bonchev–Trinajstić information content (AvgIpc) is 2.75. The molecule has 1 aromatic heterocycles. The van der Waals surface area contributed by atoms with Crippen LogP contribution >= 0.6 is 11.6 Å². The topological polar surface area (TPSA) is 69.7 Å². The highest BCUT2D eigenvalue weighted by Gasteiger charge is 2.21. The predicted octanol–water partition coefficient (Wildman–Crippen LogP) is 5.76. The molecule has 8 heteroatoms. The molecular formula is C23H24ClFN2O4. The molecule has 1 heterocycles. The number of pyridine rings is 1. The van der Waals surface area contributed by atoms with Crippen molar-refractivity contribution in [3.05, 3.63) is 64.7 Å². The summed E-state index contributed by atoms with van der Waals surface area (Å²) < 4.78 is 29.6. The van der Waals surface area contributed by atoms with Gasteiger partial charge in [0, 0.05) is 29.2 Å². The van der Waals surface area contributed by atoms with Gasteiger partial charge in [0.2, 0.25) is 5.75 Å². The molecule has 0 aliphatic carbocycles. The molecule has 1 amide bonds. The first-order valence-electron chi connectivity index (χ1n) is 8.91. The van der Waals surface area contributed by atoms with Crippen LogP contribution in [0.25, 0.3) is 11.1 Å². The Labute approximate surface area is 185 Å². The number of nitrogens with one attached hydrogen (secondary N) is 1. The van der Waals surface area contributed by atoms with Crippen molar-refractivity contribution in [3.8, 4) is 28.4 Å². The molecule has 0 saturated carbocycles. The second-order valence-corrected chi connectivity index (χ2v) is 6.76. The number of benzene rings is 2. The van der Waals surface area contributed by atoms with Crippen molar-refractivity contribution >= 4 is 23.2 Å². The van der Waals surface area contributed by atoms with Gasteiger partial charge in [-0.2, -0.15) is 0 Å². The van der Waals surface area contributed by atoms with Crippen LogP contribution in [0, 0.1) is 12.7 Å². The Bertz CT molecular complexity index is 1110. The van der Waals surface area contributed by atoms with Crippen molar-refractivity contribution in [2.45, 2.75) is 14.4 Å². The molecule has 3 rings (SSSR count). The monoisotopic (exact) mass is 446 g/mol. The minimum absolute atomic E-state index is 0. The summed E-state index contributed by atoms with van der Waals surface area (Å²) >= 11 is 6.53. The van der Waals surface area contributed by atoms with E-state index in [1.54, 1.807) is 31.3 Å². The van der Waals surface area contributed by atoms with E-state index in [1.165, 1.54) is 39.7 Å². The molecule has 0 spiro atoms. The van der Waals surface area contributed by atoms with Crippen LogP contribution in [-0.2, 0) is 0 Å². The third kappa shape index (κ3) is 4.88. The Balaban J connectivity index is 0.00000341. The molecule has 164 valence electrons. The van der Waals surface area contributed by atoms with Crippen LogP contribution in [0.3, 0.4) is 0 Å². The fourth-order valence-electron chi connectivity index (χ4n) is 2.97. The Morgan fingerprint density at radius 3 is 2.39 bits per heavy atom. The molecule has 0 aliphatic heterocycles. The van der Waals surface area contributed by atoms with Crippen LogP contribution in [-0.4, -0.2) is 32.2 Å². The van der Waals surface area contributed by atoms with Gasteiger partial charge in [-0.25, -0.2) is 4.39 Å². The smallest absolute Gasteiger partial charge is 0.257 e. The van der Waals surface area contributed by atoms with E-state index in [1.807, 2.05) is 0 Å². The number of carbonyl (C=O) groups is 1. The van der Waals surface area contributed by atoms with E-state index in [4.69, 9.17) is 25.8 Å². The summed E-state index contributed by atoms with van der Waals surface area (Å²) in [7, 11) is 4.45. The van der Waals surface area contributed by atoms with E-state index < -0.39 is 11.7 Å². The fourth-order valence-corrected chi connectivity index (χ4v) is 3.29. The Hall–Kier alpha value is -3.32. The van der Waals surface area contributed by atoms with Crippen molar-refractivity contribution in [3.63, 3.8) is 0 Å². The van der Waals surface area contributed by atoms with Crippen LogP contribution in [0.2, 0.25) is 5.02 Å². The molecule has 0 fully saturated rings. The summed E-state index contributed by atoms with van der Waals surface area (Å²) in [5, 5.41) is 2.99. The number of rotatable bonds is 6. The number of ether oxygens (including phenoxy) is 3. The van der Waals surface area contributed by atoms with Gasteiger partial charge in [-0.3, -0.25) is 9.78 Å². The first-order chi connectivity index (χ1) is 14.4. The molecule has 31 heavy (non-hydrogen) atoms. The standard InChI is InChI=1S/C22H20ClFN2O4.CH4/c1-12-5-6-15(24)8-17(12)26-22(27)14-7-13(10-25-11-14)16-9-18(28-2)20(29-3)21(30-4)19(16)23;/h5-11H,1-4H3,(H,26,27);1H4. The summed E-state index contributed by atoms with van der Waals surface area (Å²) in [5.41, 5.74) is 2.52. The third-order valence-corrected chi connectivity index (χ3v) is 4.90. The third-order valence-electron chi connectivity index (χ3n) is 4.53. The van der Waals surface area contributed by atoms with Gasteiger partial charge >= 0.3 is 0 Å². The molecule has 6 nitrogen and oxygen atoms in total. The number of halogens is 2. The van der Waals surface area contributed by atoms with Gasteiger partial charge in [-0.15, -0.1) is 0 Å². The van der Waals surface area contributed by atoms with Crippen molar-refractivity contribution in [1.82, 2.24) is 4.98 Å². The highest BCUT2D eigenvalue weighted by atomic mass is 35.5. The Kier molecular flexibility index (Phi) is 7.83. The first-order valence-corrected chi connectivity index (χ1v) is 9.28. The maximum atomic E-state index is 13.5. The van der Waals surface area contributed by atoms with E-state index in [-0.39, 0.29) is 18.0 Å². The van der Waals surface area contributed by atoms with Crippen LogP contribution < -0.4 is 19.5 Å². The van der Waals surface area contributed by atoms with Gasteiger partial charge in [0.25, 0.3) is 5.91 Å². The van der Waals surface area contributed by atoms with E-state index >= 15 is 0 Å². The number of carbonyl (C=O) groups excluding carboxylic acids is 1. The molecule has 0 unspecified atom stereocenters. The largest absolute Gasteiger partial charge is 0.493 e. The van der Waals surface area contributed by atoms with Gasteiger partial charge in [0.05, 0.1) is 31.9 Å². The van der Waals surface area contributed by atoms with Gasteiger partial charge < -0.3 is 19.5 Å². The second kappa shape index (κ2) is 10.1. The van der Waals surface area contributed by atoms with Gasteiger partial charge in [0.1, 0.15) is 5.82 Å². The van der Waals surface area contributed by atoms with Gasteiger partial charge in [-0.1, -0.05) is 25.1 Å². The normalized spacial score (nSPS) is 10.1. The van der Waals surface area contributed by atoms with Crippen LogP contribution in [0.15, 0.2) is 42.7 Å². The zero-order valence-electron chi connectivity index (χ0n) is 16.9. The quantitative estimate of drug-likeness (QED) is 0.521.